The van der Waals surface area contributed by atoms with Gasteiger partial charge in [-0.25, -0.2) is 9.97 Å². The molecule has 4 nitrogen and oxygen atoms in total. The fourth-order valence-corrected chi connectivity index (χ4v) is 2.46. The third-order valence-corrected chi connectivity index (χ3v) is 3.57. The van der Waals surface area contributed by atoms with Crippen LogP contribution in [0.2, 0.25) is 0 Å². The van der Waals surface area contributed by atoms with Gasteiger partial charge in [-0.3, -0.25) is 0 Å². The molecule has 21 heavy (non-hydrogen) atoms. The van der Waals surface area contributed by atoms with Crippen LogP contribution in [0.1, 0.15) is 32.3 Å². The Labute approximate surface area is 127 Å². The second kappa shape index (κ2) is 7.62. The smallest absolute Gasteiger partial charge is 0.141 e. The van der Waals surface area contributed by atoms with E-state index in [9.17, 15) is 0 Å². The highest BCUT2D eigenvalue weighted by Gasteiger charge is 2.16. The Bertz CT molecular complexity index is 554. The Morgan fingerprint density at radius 2 is 1.86 bits per heavy atom. The molecule has 0 spiro atoms. The van der Waals surface area contributed by atoms with Gasteiger partial charge in [0, 0.05) is 24.8 Å². The number of rotatable bonds is 7. The molecule has 1 aromatic carbocycles. The molecule has 1 N–H and O–H groups in total. The Kier molecular flexibility index (Phi) is 5.55. The van der Waals surface area contributed by atoms with Crippen LogP contribution < -0.4 is 10.2 Å². The Hall–Kier alpha value is -2.10. The SMILES string of the molecule is CCCCN(c1ccccc1)c1ncnc(NC)c1CC. The molecule has 0 amide bonds. The van der Waals surface area contributed by atoms with Crippen molar-refractivity contribution in [2.24, 2.45) is 0 Å². The average Bonchev–Trinajstić information content (AvgIpc) is 2.55. The van der Waals surface area contributed by atoms with Crippen molar-refractivity contribution >= 4 is 17.3 Å². The lowest BCUT2D eigenvalue weighted by Crippen LogP contribution is -2.22. The van der Waals surface area contributed by atoms with E-state index < -0.39 is 0 Å². The molecule has 0 saturated heterocycles. The molecule has 2 aromatic rings. The zero-order chi connectivity index (χ0) is 15.1. The summed E-state index contributed by atoms with van der Waals surface area (Å²) in [5.74, 6) is 1.93. The molecule has 112 valence electrons. The first-order valence-electron chi connectivity index (χ1n) is 7.66. The maximum Gasteiger partial charge on any atom is 0.141 e. The van der Waals surface area contributed by atoms with Gasteiger partial charge in [0.05, 0.1) is 0 Å². The van der Waals surface area contributed by atoms with Crippen molar-refractivity contribution in [2.45, 2.75) is 33.1 Å². The van der Waals surface area contributed by atoms with Crippen LogP contribution in [0.15, 0.2) is 36.7 Å². The molecule has 1 aromatic heterocycles. The summed E-state index contributed by atoms with van der Waals surface area (Å²) in [5, 5.41) is 3.17. The van der Waals surface area contributed by atoms with Crippen LogP contribution in [0, 0.1) is 0 Å². The summed E-state index contributed by atoms with van der Waals surface area (Å²) in [7, 11) is 1.91. The van der Waals surface area contributed by atoms with Crippen LogP contribution in [0.3, 0.4) is 0 Å². The van der Waals surface area contributed by atoms with Crippen LogP contribution in [-0.2, 0) is 6.42 Å². The van der Waals surface area contributed by atoms with Crippen molar-refractivity contribution in [3.05, 3.63) is 42.2 Å². The molecule has 0 bridgehead atoms. The summed E-state index contributed by atoms with van der Waals surface area (Å²) >= 11 is 0. The van der Waals surface area contributed by atoms with Crippen molar-refractivity contribution in [1.29, 1.82) is 0 Å². The number of hydrogen-bond acceptors (Lipinski definition) is 4. The standard InChI is InChI=1S/C17H24N4/c1-4-6-12-21(14-10-8-7-9-11-14)17-15(5-2)16(18-3)19-13-20-17/h7-11,13H,4-6,12H2,1-3H3,(H,18,19,20). The Morgan fingerprint density at radius 1 is 1.10 bits per heavy atom. The summed E-state index contributed by atoms with van der Waals surface area (Å²) < 4.78 is 0. The van der Waals surface area contributed by atoms with Gasteiger partial charge in [-0.15, -0.1) is 0 Å². The molecule has 2 rings (SSSR count). The molecule has 0 aliphatic heterocycles. The first kappa shape index (κ1) is 15.3. The van der Waals surface area contributed by atoms with E-state index in [1.807, 2.05) is 13.1 Å². The summed E-state index contributed by atoms with van der Waals surface area (Å²) in [6.45, 7) is 5.32. The Balaban J connectivity index is 2.46. The molecule has 0 fully saturated rings. The Morgan fingerprint density at radius 3 is 2.48 bits per heavy atom. The number of nitrogens with one attached hydrogen (secondary N) is 1. The van der Waals surface area contributed by atoms with Crippen molar-refractivity contribution in [1.82, 2.24) is 9.97 Å². The number of hydrogen-bond donors (Lipinski definition) is 1. The van der Waals surface area contributed by atoms with E-state index in [0.717, 1.165) is 37.4 Å². The average molecular weight is 284 g/mol. The van der Waals surface area contributed by atoms with Gasteiger partial charge in [0.1, 0.15) is 18.0 Å². The lowest BCUT2D eigenvalue weighted by molar-refractivity contribution is 0.774. The molecular formula is C17H24N4. The van der Waals surface area contributed by atoms with E-state index in [1.165, 1.54) is 11.3 Å². The summed E-state index contributed by atoms with van der Waals surface area (Å²) in [6, 6.07) is 10.5. The van der Waals surface area contributed by atoms with Crippen LogP contribution in [-0.4, -0.2) is 23.6 Å². The molecule has 0 aliphatic rings. The van der Waals surface area contributed by atoms with Crippen molar-refractivity contribution < 1.29 is 0 Å². The third kappa shape index (κ3) is 3.51. The van der Waals surface area contributed by atoms with E-state index >= 15 is 0 Å². The number of benzene rings is 1. The minimum absolute atomic E-state index is 0.905. The topological polar surface area (TPSA) is 41.1 Å². The molecule has 0 atom stereocenters. The molecule has 0 radical (unpaired) electrons. The normalized spacial score (nSPS) is 10.4. The number of nitrogens with zero attached hydrogens (tertiary/aromatic N) is 3. The maximum atomic E-state index is 4.56. The number of anilines is 3. The zero-order valence-corrected chi connectivity index (χ0v) is 13.1. The molecule has 1 heterocycles. The minimum Gasteiger partial charge on any atom is -0.373 e. The van der Waals surface area contributed by atoms with Crippen LogP contribution in [0.5, 0.6) is 0 Å². The third-order valence-electron chi connectivity index (χ3n) is 3.57. The first-order chi connectivity index (χ1) is 10.3. The quantitative estimate of drug-likeness (QED) is 0.833. The highest BCUT2D eigenvalue weighted by molar-refractivity contribution is 5.67. The summed E-state index contributed by atoms with van der Waals surface area (Å²) in [6.07, 6.45) is 4.84. The molecule has 0 unspecified atom stereocenters. The van der Waals surface area contributed by atoms with Gasteiger partial charge in [0.15, 0.2) is 0 Å². The van der Waals surface area contributed by atoms with Gasteiger partial charge in [0.2, 0.25) is 0 Å². The van der Waals surface area contributed by atoms with E-state index in [4.69, 9.17) is 0 Å². The second-order valence-corrected chi connectivity index (χ2v) is 4.97. The van der Waals surface area contributed by atoms with Crippen LogP contribution in [0.25, 0.3) is 0 Å². The lowest BCUT2D eigenvalue weighted by atomic mass is 10.1. The predicted octanol–water partition coefficient (Wildman–Crippen LogP) is 4.02. The first-order valence-corrected chi connectivity index (χ1v) is 7.66. The molecule has 0 aliphatic carbocycles. The fourth-order valence-electron chi connectivity index (χ4n) is 2.46. The zero-order valence-electron chi connectivity index (χ0n) is 13.1. The highest BCUT2D eigenvalue weighted by atomic mass is 15.2. The van der Waals surface area contributed by atoms with Crippen molar-refractivity contribution in [3.63, 3.8) is 0 Å². The number of para-hydroxylation sites is 1. The number of aromatic nitrogens is 2. The van der Waals surface area contributed by atoms with Gasteiger partial charge in [-0.05, 0) is 25.0 Å². The van der Waals surface area contributed by atoms with E-state index in [1.54, 1.807) is 6.33 Å². The van der Waals surface area contributed by atoms with Gasteiger partial charge < -0.3 is 10.2 Å². The highest BCUT2D eigenvalue weighted by Crippen LogP contribution is 2.30. The van der Waals surface area contributed by atoms with Gasteiger partial charge in [0.25, 0.3) is 0 Å². The van der Waals surface area contributed by atoms with Crippen LogP contribution >= 0.6 is 0 Å². The maximum absolute atomic E-state index is 4.56. The largest absolute Gasteiger partial charge is 0.373 e. The lowest BCUT2D eigenvalue weighted by Gasteiger charge is -2.26. The molecule has 4 heteroatoms. The minimum atomic E-state index is 0.905. The van der Waals surface area contributed by atoms with Gasteiger partial charge in [-0.1, -0.05) is 38.5 Å². The van der Waals surface area contributed by atoms with Crippen molar-refractivity contribution in [3.8, 4) is 0 Å². The predicted molar refractivity (Wildman–Crippen MR) is 89.3 cm³/mol. The van der Waals surface area contributed by atoms with Gasteiger partial charge in [-0.2, -0.15) is 0 Å². The van der Waals surface area contributed by atoms with Crippen molar-refractivity contribution in [2.75, 3.05) is 23.8 Å². The summed E-state index contributed by atoms with van der Waals surface area (Å²) in [4.78, 5) is 11.2. The second-order valence-electron chi connectivity index (χ2n) is 4.97. The van der Waals surface area contributed by atoms with E-state index in [0.29, 0.717) is 0 Å². The molecular weight excluding hydrogens is 260 g/mol. The molecule has 0 saturated carbocycles. The van der Waals surface area contributed by atoms with Crippen LogP contribution in [0.4, 0.5) is 17.3 Å². The number of unbranched alkanes of at least 4 members (excludes halogenated alkanes) is 1. The van der Waals surface area contributed by atoms with Gasteiger partial charge >= 0.3 is 0 Å². The van der Waals surface area contributed by atoms with E-state index in [2.05, 4.69) is 58.3 Å². The van der Waals surface area contributed by atoms with E-state index in [-0.39, 0.29) is 0 Å². The fraction of sp³-hybridized carbons (Fsp3) is 0.412. The summed E-state index contributed by atoms with van der Waals surface area (Å²) in [5.41, 5.74) is 2.35. The monoisotopic (exact) mass is 284 g/mol.